The van der Waals surface area contributed by atoms with Crippen LogP contribution in [-0.2, 0) is 15.1 Å². The molecule has 0 fully saturated rings. The molecule has 0 saturated heterocycles. The van der Waals surface area contributed by atoms with Gasteiger partial charge in [-0.1, -0.05) is 38.1 Å². The van der Waals surface area contributed by atoms with Crippen molar-refractivity contribution in [2.75, 3.05) is 16.0 Å². The highest BCUT2D eigenvalue weighted by atomic mass is 16.2. The molecule has 3 aliphatic rings. The molecular weight excluding hydrogens is 362 g/mol. The van der Waals surface area contributed by atoms with Gasteiger partial charge in [-0.25, -0.2) is 0 Å². The van der Waals surface area contributed by atoms with Crippen LogP contribution in [0.15, 0.2) is 48.2 Å². The van der Waals surface area contributed by atoms with Crippen LogP contribution in [0.25, 0.3) is 0 Å². The third-order valence-corrected chi connectivity index (χ3v) is 6.45. The monoisotopic (exact) mass is 387 g/mol. The summed E-state index contributed by atoms with van der Waals surface area (Å²) in [5.41, 5.74) is 4.95. The van der Waals surface area contributed by atoms with Gasteiger partial charge in [-0.15, -0.1) is 0 Å². The number of amides is 1. The number of Topliss-reactive ketones (excluding diaryl/α,β-unsaturated/α-hetero) is 1. The largest absolute Gasteiger partial charge is 0.365 e. The Kier molecular flexibility index (Phi) is 3.55. The van der Waals surface area contributed by atoms with E-state index in [0.29, 0.717) is 6.42 Å². The molecule has 29 heavy (non-hydrogen) atoms. The molecule has 0 unspecified atom stereocenters. The number of carbonyl (C=O) groups excluding carboxylic acids is 2. The van der Waals surface area contributed by atoms with Crippen molar-refractivity contribution in [2.45, 2.75) is 39.7 Å². The van der Waals surface area contributed by atoms with Gasteiger partial charge in [0.05, 0.1) is 17.3 Å². The molecule has 0 bridgehead atoms. The molecule has 5 heteroatoms. The first-order valence-corrected chi connectivity index (χ1v) is 10.0. The maximum atomic E-state index is 13.5. The zero-order valence-electron chi connectivity index (χ0n) is 17.1. The molecular formula is C24H25N3O2. The van der Waals surface area contributed by atoms with Crippen LogP contribution >= 0.6 is 0 Å². The molecule has 3 N–H and O–H groups in total. The molecule has 2 heterocycles. The van der Waals surface area contributed by atoms with Crippen molar-refractivity contribution in [3.8, 4) is 0 Å². The van der Waals surface area contributed by atoms with Gasteiger partial charge in [0.15, 0.2) is 5.54 Å². The van der Waals surface area contributed by atoms with E-state index >= 15 is 0 Å². The lowest BCUT2D eigenvalue weighted by molar-refractivity contribution is -0.131. The number of fused-ring (bicyclic) bond motifs is 5. The van der Waals surface area contributed by atoms with Crippen molar-refractivity contribution >= 4 is 28.8 Å². The SMILES string of the molecule is Cc1cc2c(cc1C)N[C@@]1(C(=O)Nc3ccccc31)[C@H]1C(=O)CC(C)(C)C=C1N2. The van der Waals surface area contributed by atoms with Crippen LogP contribution < -0.4 is 16.0 Å². The highest BCUT2D eigenvalue weighted by molar-refractivity contribution is 6.12. The van der Waals surface area contributed by atoms with Gasteiger partial charge >= 0.3 is 0 Å². The van der Waals surface area contributed by atoms with Crippen LogP contribution in [0.5, 0.6) is 0 Å². The standard InChI is InChI=1S/C24H25N3O2/c1-13-9-17-18(10-14(13)2)27-24(15-7-5-6-8-16(15)26-22(24)29)21-19(25-17)11-23(3,4)12-20(21)28/h5-11,21,25,27H,12H2,1-4H3,(H,26,29)/t21-,24-/m1/s1. The summed E-state index contributed by atoms with van der Waals surface area (Å²) in [5, 5.41) is 10.1. The fourth-order valence-corrected chi connectivity index (χ4v) is 5.02. The molecule has 2 aliphatic heterocycles. The predicted octanol–water partition coefficient (Wildman–Crippen LogP) is 4.49. The smallest absolute Gasteiger partial charge is 0.255 e. The first-order valence-electron chi connectivity index (χ1n) is 10.0. The maximum Gasteiger partial charge on any atom is 0.255 e. The van der Waals surface area contributed by atoms with E-state index in [4.69, 9.17) is 0 Å². The van der Waals surface area contributed by atoms with Gasteiger partial charge in [0.1, 0.15) is 5.78 Å². The molecule has 0 radical (unpaired) electrons. The summed E-state index contributed by atoms with van der Waals surface area (Å²) in [6.45, 7) is 8.24. The highest BCUT2D eigenvalue weighted by Gasteiger charge is 2.59. The van der Waals surface area contributed by atoms with E-state index in [0.717, 1.165) is 39.4 Å². The Labute approximate surface area is 170 Å². The summed E-state index contributed by atoms with van der Waals surface area (Å²) >= 11 is 0. The zero-order valence-corrected chi connectivity index (χ0v) is 17.1. The molecule has 0 aromatic heterocycles. The van der Waals surface area contributed by atoms with E-state index in [1.165, 1.54) is 0 Å². The van der Waals surface area contributed by atoms with Crippen molar-refractivity contribution in [2.24, 2.45) is 11.3 Å². The van der Waals surface area contributed by atoms with Crippen LogP contribution in [0, 0.1) is 25.2 Å². The molecule has 2 aromatic rings. The van der Waals surface area contributed by atoms with E-state index < -0.39 is 11.5 Å². The molecule has 1 aliphatic carbocycles. The van der Waals surface area contributed by atoms with Crippen molar-refractivity contribution < 1.29 is 9.59 Å². The molecule has 0 saturated carbocycles. The Hall–Kier alpha value is -3.08. The number of hydrogen-bond acceptors (Lipinski definition) is 4. The van der Waals surface area contributed by atoms with Crippen LogP contribution in [0.1, 0.15) is 37.0 Å². The fourth-order valence-electron chi connectivity index (χ4n) is 5.02. The summed E-state index contributed by atoms with van der Waals surface area (Å²) < 4.78 is 0. The molecule has 1 amide bonds. The van der Waals surface area contributed by atoms with Crippen molar-refractivity contribution in [3.05, 3.63) is 64.9 Å². The molecule has 1 spiro atoms. The lowest BCUT2D eigenvalue weighted by atomic mass is 9.67. The zero-order chi connectivity index (χ0) is 20.6. The summed E-state index contributed by atoms with van der Waals surface area (Å²) in [6, 6.07) is 11.8. The normalized spacial score (nSPS) is 26.3. The second-order valence-corrected chi connectivity index (χ2v) is 9.20. The van der Waals surface area contributed by atoms with E-state index in [1.54, 1.807) is 0 Å². The van der Waals surface area contributed by atoms with Crippen molar-refractivity contribution in [1.82, 2.24) is 0 Å². The number of allylic oxidation sites excluding steroid dienone is 1. The number of nitrogens with one attached hydrogen (secondary N) is 3. The van der Waals surface area contributed by atoms with Gasteiger partial charge in [0.25, 0.3) is 5.91 Å². The quantitative estimate of drug-likeness (QED) is 0.623. The number of anilines is 3. The van der Waals surface area contributed by atoms with Crippen molar-refractivity contribution in [3.63, 3.8) is 0 Å². The molecule has 5 nitrogen and oxygen atoms in total. The Morgan fingerprint density at radius 2 is 1.62 bits per heavy atom. The predicted molar refractivity (Wildman–Crippen MR) is 115 cm³/mol. The van der Waals surface area contributed by atoms with E-state index in [1.807, 2.05) is 24.3 Å². The van der Waals surface area contributed by atoms with Crippen molar-refractivity contribution in [1.29, 1.82) is 0 Å². The number of para-hydroxylation sites is 1. The van der Waals surface area contributed by atoms with Gasteiger partial charge in [-0.05, 0) is 48.6 Å². The number of ketones is 1. The topological polar surface area (TPSA) is 70.2 Å². The number of carbonyl (C=O) groups is 2. The van der Waals surface area contributed by atoms with Gasteiger partial charge in [0, 0.05) is 23.4 Å². The summed E-state index contributed by atoms with van der Waals surface area (Å²) in [5.74, 6) is -0.733. The number of aryl methyl sites for hydroxylation is 2. The summed E-state index contributed by atoms with van der Waals surface area (Å²) in [7, 11) is 0. The van der Waals surface area contributed by atoms with E-state index in [9.17, 15) is 9.59 Å². The molecule has 2 atom stereocenters. The first-order chi connectivity index (χ1) is 13.7. The van der Waals surface area contributed by atoms with Gasteiger partial charge in [-0.2, -0.15) is 0 Å². The molecule has 2 aromatic carbocycles. The molecule has 148 valence electrons. The Morgan fingerprint density at radius 3 is 2.38 bits per heavy atom. The Balaban J connectivity index is 1.83. The minimum absolute atomic E-state index is 0.0700. The lowest BCUT2D eigenvalue weighted by Crippen LogP contribution is -2.53. The number of benzene rings is 2. The number of hydrogen-bond donors (Lipinski definition) is 3. The Bertz CT molecular complexity index is 1120. The van der Waals surface area contributed by atoms with E-state index in [-0.39, 0.29) is 17.1 Å². The van der Waals surface area contributed by atoms with Crippen LogP contribution in [0.3, 0.4) is 0 Å². The highest BCUT2D eigenvalue weighted by Crippen LogP contribution is 2.52. The van der Waals surface area contributed by atoms with E-state index in [2.05, 4.69) is 61.9 Å². The molecule has 5 rings (SSSR count). The van der Waals surface area contributed by atoms with Crippen LogP contribution in [-0.4, -0.2) is 11.7 Å². The number of rotatable bonds is 0. The lowest BCUT2D eigenvalue weighted by Gasteiger charge is -2.40. The minimum Gasteiger partial charge on any atom is -0.365 e. The first kappa shape index (κ1) is 18.0. The Morgan fingerprint density at radius 1 is 0.931 bits per heavy atom. The van der Waals surface area contributed by atoms with Gasteiger partial charge < -0.3 is 16.0 Å². The average molecular weight is 387 g/mol. The minimum atomic E-state index is -1.17. The summed E-state index contributed by atoms with van der Waals surface area (Å²) in [6.07, 6.45) is 2.52. The second-order valence-electron chi connectivity index (χ2n) is 9.20. The maximum absolute atomic E-state index is 13.5. The van der Waals surface area contributed by atoms with Crippen LogP contribution in [0.4, 0.5) is 17.1 Å². The summed E-state index contributed by atoms with van der Waals surface area (Å²) in [4.78, 5) is 27.0. The third kappa shape index (κ3) is 2.46. The fraction of sp³-hybridized carbons (Fsp3) is 0.333. The third-order valence-electron chi connectivity index (χ3n) is 6.45. The van der Waals surface area contributed by atoms with Gasteiger partial charge in [-0.3, -0.25) is 9.59 Å². The van der Waals surface area contributed by atoms with Crippen LogP contribution in [0.2, 0.25) is 0 Å². The van der Waals surface area contributed by atoms with Gasteiger partial charge in [0.2, 0.25) is 0 Å². The second kappa shape index (κ2) is 5.72. The average Bonchev–Trinajstić information content (AvgIpc) is 2.81.